The van der Waals surface area contributed by atoms with Crippen LogP contribution in [0.2, 0.25) is 0 Å². The maximum Gasteiger partial charge on any atom is 0.272 e. The molecular weight excluding hydrogens is 238 g/mol. The molecule has 1 aliphatic carbocycles. The monoisotopic (exact) mass is 259 g/mol. The molecule has 0 radical (unpaired) electrons. The minimum atomic E-state index is 0.0992. The van der Waals surface area contributed by atoms with E-state index in [2.05, 4.69) is 14.9 Å². The van der Waals surface area contributed by atoms with Crippen LogP contribution < -0.4 is 0 Å². The molecular formula is C15H21N3O. The van der Waals surface area contributed by atoms with E-state index < -0.39 is 0 Å². The molecule has 0 bridgehead atoms. The first kappa shape index (κ1) is 12.6. The lowest BCUT2D eigenvalue weighted by Crippen LogP contribution is -2.49. The van der Waals surface area contributed by atoms with E-state index in [0.29, 0.717) is 17.6 Å². The molecule has 1 aromatic heterocycles. The van der Waals surface area contributed by atoms with Crippen LogP contribution in [0.3, 0.4) is 0 Å². The van der Waals surface area contributed by atoms with Gasteiger partial charge in [0.05, 0.1) is 0 Å². The van der Waals surface area contributed by atoms with Gasteiger partial charge in [0, 0.05) is 18.8 Å². The van der Waals surface area contributed by atoms with Crippen molar-refractivity contribution < 1.29 is 4.79 Å². The van der Waals surface area contributed by atoms with Crippen LogP contribution in [-0.2, 0) is 0 Å². The van der Waals surface area contributed by atoms with Crippen LogP contribution in [-0.4, -0.2) is 33.4 Å². The molecule has 0 N–H and O–H groups in total. The van der Waals surface area contributed by atoms with Crippen molar-refractivity contribution in [1.29, 1.82) is 0 Å². The van der Waals surface area contributed by atoms with Gasteiger partial charge in [0.1, 0.15) is 11.5 Å². The summed E-state index contributed by atoms with van der Waals surface area (Å²) in [6, 6.07) is 2.19. The summed E-state index contributed by atoms with van der Waals surface area (Å²) in [5.41, 5.74) is 0.554. The molecule has 2 heterocycles. The van der Waals surface area contributed by atoms with Gasteiger partial charge in [0.15, 0.2) is 0 Å². The van der Waals surface area contributed by atoms with Gasteiger partial charge in [-0.05, 0) is 44.6 Å². The van der Waals surface area contributed by atoms with Crippen LogP contribution in [0.15, 0.2) is 12.3 Å². The van der Waals surface area contributed by atoms with Gasteiger partial charge in [-0.3, -0.25) is 4.79 Å². The van der Waals surface area contributed by atoms with Gasteiger partial charge in [-0.2, -0.15) is 0 Å². The van der Waals surface area contributed by atoms with Gasteiger partial charge in [-0.15, -0.1) is 0 Å². The largest absolute Gasteiger partial charge is 0.334 e. The number of aryl methyl sites for hydroxylation is 1. The molecule has 1 saturated carbocycles. The number of likely N-dealkylation sites (tertiary alicyclic amines) is 1. The summed E-state index contributed by atoms with van der Waals surface area (Å²) in [5.74, 6) is 1.49. The fourth-order valence-corrected chi connectivity index (χ4v) is 3.60. The number of fused-ring (bicyclic) bond motifs is 1. The maximum absolute atomic E-state index is 12.6. The predicted octanol–water partition coefficient (Wildman–Crippen LogP) is 2.58. The lowest BCUT2D eigenvalue weighted by atomic mass is 9.78. The summed E-state index contributed by atoms with van der Waals surface area (Å²) >= 11 is 0. The molecule has 1 saturated heterocycles. The molecule has 0 aromatic carbocycles. The zero-order chi connectivity index (χ0) is 13.2. The van der Waals surface area contributed by atoms with Crippen LogP contribution >= 0.6 is 0 Å². The molecule has 3 rings (SSSR count). The average molecular weight is 259 g/mol. The number of hydrogen-bond acceptors (Lipinski definition) is 3. The zero-order valence-corrected chi connectivity index (χ0v) is 11.5. The van der Waals surface area contributed by atoms with Gasteiger partial charge in [0.25, 0.3) is 5.91 Å². The third-order valence-electron chi connectivity index (χ3n) is 4.50. The number of amides is 1. The quantitative estimate of drug-likeness (QED) is 0.778. The van der Waals surface area contributed by atoms with Crippen LogP contribution in [0.5, 0.6) is 0 Å². The van der Waals surface area contributed by atoms with Crippen LogP contribution in [0, 0.1) is 12.8 Å². The lowest BCUT2D eigenvalue weighted by molar-refractivity contribution is 0.0385. The first-order valence-electron chi connectivity index (χ1n) is 7.36. The summed E-state index contributed by atoms with van der Waals surface area (Å²) < 4.78 is 0. The average Bonchev–Trinajstić information content (AvgIpc) is 2.46. The van der Waals surface area contributed by atoms with E-state index in [1.165, 1.54) is 32.1 Å². The Balaban J connectivity index is 1.82. The molecule has 1 aliphatic heterocycles. The topological polar surface area (TPSA) is 46.1 Å². The first-order valence-corrected chi connectivity index (χ1v) is 7.36. The van der Waals surface area contributed by atoms with Crippen molar-refractivity contribution in [2.75, 3.05) is 6.54 Å². The van der Waals surface area contributed by atoms with Crippen LogP contribution in [0.1, 0.15) is 54.8 Å². The van der Waals surface area contributed by atoms with E-state index in [1.54, 1.807) is 12.3 Å². The fourth-order valence-electron chi connectivity index (χ4n) is 3.60. The number of rotatable bonds is 1. The lowest BCUT2D eigenvalue weighted by Gasteiger charge is -2.44. The minimum Gasteiger partial charge on any atom is -0.334 e. The molecule has 4 heteroatoms. The minimum absolute atomic E-state index is 0.0992. The van der Waals surface area contributed by atoms with Crippen molar-refractivity contribution in [3.63, 3.8) is 0 Å². The molecule has 19 heavy (non-hydrogen) atoms. The summed E-state index contributed by atoms with van der Waals surface area (Å²) in [4.78, 5) is 23.1. The second kappa shape index (κ2) is 5.27. The number of piperidine rings is 1. The Morgan fingerprint density at radius 3 is 2.89 bits per heavy atom. The second-order valence-corrected chi connectivity index (χ2v) is 5.74. The van der Waals surface area contributed by atoms with Gasteiger partial charge in [-0.1, -0.05) is 12.8 Å². The molecule has 2 atom stereocenters. The number of nitrogens with zero attached hydrogens (tertiary/aromatic N) is 3. The highest BCUT2D eigenvalue weighted by atomic mass is 16.2. The summed E-state index contributed by atoms with van der Waals surface area (Å²) in [7, 11) is 0. The van der Waals surface area contributed by atoms with Crippen molar-refractivity contribution in [1.82, 2.24) is 14.9 Å². The maximum atomic E-state index is 12.6. The molecule has 0 spiro atoms. The van der Waals surface area contributed by atoms with E-state index in [1.807, 2.05) is 6.92 Å². The predicted molar refractivity (Wildman–Crippen MR) is 72.8 cm³/mol. The SMILES string of the molecule is Cc1nccc(C(=O)N2CCC[C@@H]3CCCC[C@@H]32)n1. The Labute approximate surface area is 114 Å². The van der Waals surface area contributed by atoms with E-state index in [-0.39, 0.29) is 5.91 Å². The molecule has 1 aromatic rings. The third kappa shape index (κ3) is 2.48. The van der Waals surface area contributed by atoms with Crippen molar-refractivity contribution >= 4 is 5.91 Å². The van der Waals surface area contributed by atoms with E-state index in [9.17, 15) is 4.79 Å². The smallest absolute Gasteiger partial charge is 0.272 e. The summed E-state index contributed by atoms with van der Waals surface area (Å²) in [6.45, 7) is 2.72. The van der Waals surface area contributed by atoms with E-state index >= 15 is 0 Å². The number of hydrogen-bond donors (Lipinski definition) is 0. The van der Waals surface area contributed by atoms with Crippen molar-refractivity contribution in [3.8, 4) is 0 Å². The van der Waals surface area contributed by atoms with Gasteiger partial charge >= 0.3 is 0 Å². The number of aromatic nitrogens is 2. The second-order valence-electron chi connectivity index (χ2n) is 5.74. The van der Waals surface area contributed by atoms with Crippen LogP contribution in [0.4, 0.5) is 0 Å². The molecule has 0 unspecified atom stereocenters. The Hall–Kier alpha value is -1.45. The Bertz CT molecular complexity index is 472. The summed E-state index contributed by atoms with van der Waals surface area (Å²) in [6.07, 6.45) is 9.15. The van der Waals surface area contributed by atoms with E-state index in [4.69, 9.17) is 0 Å². The Kier molecular flexibility index (Phi) is 3.49. The number of carbonyl (C=O) groups excluding carboxylic acids is 1. The van der Waals surface area contributed by atoms with Gasteiger partial charge in [-0.25, -0.2) is 9.97 Å². The highest BCUT2D eigenvalue weighted by Crippen LogP contribution is 2.35. The Morgan fingerprint density at radius 1 is 1.26 bits per heavy atom. The highest BCUT2D eigenvalue weighted by Gasteiger charge is 2.36. The standard InChI is InChI=1S/C15H21N3O/c1-11-16-9-8-13(17-11)15(19)18-10-4-6-12-5-2-3-7-14(12)18/h8-9,12,14H,2-7,10H2,1H3/t12-,14-/m0/s1. The fraction of sp³-hybridized carbons (Fsp3) is 0.667. The zero-order valence-electron chi connectivity index (χ0n) is 11.5. The van der Waals surface area contributed by atoms with Crippen molar-refractivity contribution in [3.05, 3.63) is 23.8 Å². The molecule has 4 nitrogen and oxygen atoms in total. The molecule has 102 valence electrons. The molecule has 2 fully saturated rings. The van der Waals surface area contributed by atoms with Crippen molar-refractivity contribution in [2.45, 2.75) is 51.5 Å². The Morgan fingerprint density at radius 2 is 2.05 bits per heavy atom. The van der Waals surface area contributed by atoms with Crippen molar-refractivity contribution in [2.24, 2.45) is 5.92 Å². The van der Waals surface area contributed by atoms with Gasteiger partial charge < -0.3 is 4.90 Å². The first-order chi connectivity index (χ1) is 9.25. The molecule has 2 aliphatic rings. The third-order valence-corrected chi connectivity index (χ3v) is 4.50. The normalized spacial score (nSPS) is 26.9. The van der Waals surface area contributed by atoms with Gasteiger partial charge in [0.2, 0.25) is 0 Å². The van der Waals surface area contributed by atoms with E-state index in [0.717, 1.165) is 18.9 Å². The summed E-state index contributed by atoms with van der Waals surface area (Å²) in [5, 5.41) is 0. The number of carbonyl (C=O) groups is 1. The molecule has 1 amide bonds. The highest BCUT2D eigenvalue weighted by molar-refractivity contribution is 5.92. The van der Waals surface area contributed by atoms with Crippen LogP contribution in [0.25, 0.3) is 0 Å².